The van der Waals surface area contributed by atoms with Crippen molar-refractivity contribution in [2.75, 3.05) is 10.2 Å². The number of benzene rings is 3. The molecule has 36 heavy (non-hydrogen) atoms. The molecule has 2 aliphatic rings. The zero-order valence-electron chi connectivity index (χ0n) is 19.6. The van der Waals surface area contributed by atoms with Gasteiger partial charge in [0.15, 0.2) is 5.78 Å². The minimum Gasteiger partial charge on any atom is -0.357 e. The fourth-order valence-corrected chi connectivity index (χ4v) is 5.13. The molecule has 1 heterocycles. The van der Waals surface area contributed by atoms with Crippen LogP contribution in [0.5, 0.6) is 0 Å². The monoisotopic (exact) mass is 485 g/mol. The molecule has 1 aliphatic carbocycles. The number of ketones is 1. The van der Waals surface area contributed by atoms with Gasteiger partial charge in [-0.15, -0.1) is 0 Å². The molecule has 0 aromatic heterocycles. The summed E-state index contributed by atoms with van der Waals surface area (Å²) in [6.45, 7) is 1.75. The molecule has 0 bridgehead atoms. The number of nitrogens with zero attached hydrogens (tertiary/aromatic N) is 2. The lowest BCUT2D eigenvalue weighted by Gasteiger charge is -2.35. The van der Waals surface area contributed by atoms with E-state index in [0.29, 0.717) is 34.6 Å². The summed E-state index contributed by atoms with van der Waals surface area (Å²) in [5.74, 6) is -0.878. The van der Waals surface area contributed by atoms with Gasteiger partial charge in [-0.1, -0.05) is 43.3 Å². The molecule has 1 N–H and O–H groups in total. The van der Waals surface area contributed by atoms with Crippen LogP contribution in [0.25, 0.3) is 0 Å². The molecule has 182 valence electrons. The molecule has 0 spiro atoms. The molecule has 0 unspecified atom stereocenters. The topological polar surface area (TPSA) is 92.6 Å². The van der Waals surface area contributed by atoms with Gasteiger partial charge in [-0.3, -0.25) is 24.6 Å². The molecule has 0 saturated carbocycles. The van der Waals surface area contributed by atoms with Crippen molar-refractivity contribution in [1.29, 1.82) is 0 Å². The Kier molecular flexibility index (Phi) is 6.10. The van der Waals surface area contributed by atoms with Crippen LogP contribution in [0.3, 0.4) is 0 Å². The van der Waals surface area contributed by atoms with E-state index in [2.05, 4.69) is 5.32 Å². The second-order valence-corrected chi connectivity index (χ2v) is 8.99. The van der Waals surface area contributed by atoms with E-state index in [1.54, 1.807) is 42.2 Å². The molecule has 7 nitrogen and oxygen atoms in total. The standard InChI is InChI=1S/C28H24FN3O4/c1-2-26(34)31-24-9-4-3-8-22(24)30-23-15-19(17-10-12-20(29)13-11-17)16-25(33)27(23)28(31)18-6-5-7-21(14-18)32(35)36/h3-14,19,28,30H,2,15-16H2,1H3/t19-,28+/m0/s1. The first-order valence-corrected chi connectivity index (χ1v) is 11.8. The number of nitro groups is 1. The summed E-state index contributed by atoms with van der Waals surface area (Å²) in [5.41, 5.74) is 3.59. The second kappa shape index (κ2) is 9.37. The van der Waals surface area contributed by atoms with E-state index in [1.165, 1.54) is 24.3 Å². The van der Waals surface area contributed by atoms with Crippen LogP contribution in [-0.4, -0.2) is 16.6 Å². The van der Waals surface area contributed by atoms with Gasteiger partial charge in [0.25, 0.3) is 5.69 Å². The highest BCUT2D eigenvalue weighted by Gasteiger charge is 2.41. The van der Waals surface area contributed by atoms with Crippen molar-refractivity contribution in [1.82, 2.24) is 0 Å². The van der Waals surface area contributed by atoms with Crippen LogP contribution in [0.1, 0.15) is 49.3 Å². The number of para-hydroxylation sites is 2. The Morgan fingerprint density at radius 1 is 1.06 bits per heavy atom. The van der Waals surface area contributed by atoms with Gasteiger partial charge in [-0.05, 0) is 47.7 Å². The quantitative estimate of drug-likeness (QED) is 0.359. The molecule has 0 radical (unpaired) electrons. The number of nitro benzene ring substituents is 1. The zero-order valence-corrected chi connectivity index (χ0v) is 19.6. The second-order valence-electron chi connectivity index (χ2n) is 8.99. The first kappa shape index (κ1) is 23.4. The number of halogens is 1. The number of allylic oxidation sites excluding steroid dienone is 1. The van der Waals surface area contributed by atoms with Crippen LogP contribution in [0.15, 0.2) is 84.1 Å². The molecule has 0 fully saturated rings. The maximum Gasteiger partial charge on any atom is 0.269 e. The fraction of sp³-hybridized carbons (Fsp3) is 0.214. The van der Waals surface area contributed by atoms with E-state index < -0.39 is 11.0 Å². The van der Waals surface area contributed by atoms with Crippen LogP contribution in [0.2, 0.25) is 0 Å². The van der Waals surface area contributed by atoms with Gasteiger partial charge in [-0.2, -0.15) is 0 Å². The van der Waals surface area contributed by atoms with E-state index in [0.717, 1.165) is 5.56 Å². The largest absolute Gasteiger partial charge is 0.357 e. The van der Waals surface area contributed by atoms with Crippen molar-refractivity contribution < 1.29 is 18.9 Å². The van der Waals surface area contributed by atoms with E-state index >= 15 is 0 Å². The number of Topliss-reactive ketones (excluding diaryl/α,β-unsaturated/α-hetero) is 1. The summed E-state index contributed by atoms with van der Waals surface area (Å²) in [6, 6.07) is 18.7. The smallest absolute Gasteiger partial charge is 0.269 e. The van der Waals surface area contributed by atoms with E-state index in [-0.39, 0.29) is 42.0 Å². The van der Waals surface area contributed by atoms with Crippen molar-refractivity contribution >= 4 is 28.8 Å². The van der Waals surface area contributed by atoms with Gasteiger partial charge in [-0.25, -0.2) is 4.39 Å². The summed E-state index contributed by atoms with van der Waals surface area (Å²) < 4.78 is 13.5. The third-order valence-electron chi connectivity index (χ3n) is 6.80. The zero-order chi connectivity index (χ0) is 25.4. The molecule has 1 aliphatic heterocycles. The lowest BCUT2D eigenvalue weighted by atomic mass is 9.78. The van der Waals surface area contributed by atoms with Gasteiger partial charge in [0.05, 0.1) is 22.3 Å². The van der Waals surface area contributed by atoms with E-state index in [9.17, 15) is 24.1 Å². The number of anilines is 2. The van der Waals surface area contributed by atoms with E-state index in [4.69, 9.17) is 0 Å². The number of non-ortho nitro benzene ring substituents is 1. The molecule has 8 heteroatoms. The summed E-state index contributed by atoms with van der Waals surface area (Å²) in [7, 11) is 0. The normalized spacial score (nSPS) is 19.2. The van der Waals surface area contributed by atoms with Crippen LogP contribution < -0.4 is 10.2 Å². The number of amides is 1. The number of carbonyl (C=O) groups excluding carboxylic acids is 2. The average Bonchev–Trinajstić information content (AvgIpc) is 3.03. The Labute approximate surface area is 207 Å². The van der Waals surface area contributed by atoms with Gasteiger partial charge in [0.1, 0.15) is 5.82 Å². The number of fused-ring (bicyclic) bond motifs is 1. The van der Waals surface area contributed by atoms with Crippen LogP contribution in [-0.2, 0) is 9.59 Å². The molecule has 3 aromatic carbocycles. The Morgan fingerprint density at radius 2 is 1.81 bits per heavy atom. The number of hydrogen-bond donors (Lipinski definition) is 1. The van der Waals surface area contributed by atoms with Gasteiger partial charge in [0.2, 0.25) is 5.91 Å². The Bertz CT molecular complexity index is 1400. The fourth-order valence-electron chi connectivity index (χ4n) is 5.13. The van der Waals surface area contributed by atoms with Crippen molar-refractivity contribution in [2.45, 2.75) is 38.1 Å². The molecular formula is C28H24FN3O4. The average molecular weight is 486 g/mol. The van der Waals surface area contributed by atoms with Crippen molar-refractivity contribution in [3.8, 4) is 0 Å². The first-order chi connectivity index (χ1) is 17.4. The third kappa shape index (κ3) is 4.15. The van der Waals surface area contributed by atoms with Gasteiger partial charge in [0, 0.05) is 36.2 Å². The highest BCUT2D eigenvalue weighted by atomic mass is 19.1. The highest BCUT2D eigenvalue weighted by Crippen LogP contribution is 2.47. The number of hydrogen-bond acceptors (Lipinski definition) is 5. The van der Waals surface area contributed by atoms with Gasteiger partial charge >= 0.3 is 0 Å². The summed E-state index contributed by atoms with van der Waals surface area (Å²) >= 11 is 0. The van der Waals surface area contributed by atoms with Crippen LogP contribution in [0, 0.1) is 15.9 Å². The van der Waals surface area contributed by atoms with Gasteiger partial charge < -0.3 is 5.32 Å². The highest BCUT2D eigenvalue weighted by molar-refractivity contribution is 6.06. The third-order valence-corrected chi connectivity index (χ3v) is 6.80. The molecule has 2 atom stereocenters. The lowest BCUT2D eigenvalue weighted by molar-refractivity contribution is -0.384. The predicted molar refractivity (Wildman–Crippen MR) is 134 cm³/mol. The maximum atomic E-state index is 13.8. The number of carbonyl (C=O) groups is 2. The predicted octanol–water partition coefficient (Wildman–Crippen LogP) is 6.04. The van der Waals surface area contributed by atoms with Crippen molar-refractivity contribution in [2.24, 2.45) is 0 Å². The van der Waals surface area contributed by atoms with Crippen molar-refractivity contribution in [3.05, 3.63) is 111 Å². The number of nitrogens with one attached hydrogen (secondary N) is 1. The first-order valence-electron chi connectivity index (χ1n) is 11.8. The minimum atomic E-state index is -0.829. The molecule has 5 rings (SSSR count). The Balaban J connectivity index is 1.72. The SMILES string of the molecule is CCC(=O)N1c2ccccc2NC2=C(C(=O)C[C@@H](c3ccc(F)cc3)C2)[C@H]1c1cccc([N+](=O)[O-])c1. The minimum absolute atomic E-state index is 0.114. The van der Waals surface area contributed by atoms with Crippen molar-refractivity contribution in [3.63, 3.8) is 0 Å². The Hall–Kier alpha value is -4.33. The molecule has 1 amide bonds. The maximum absolute atomic E-state index is 13.8. The lowest BCUT2D eigenvalue weighted by Crippen LogP contribution is -2.38. The number of rotatable bonds is 4. The summed E-state index contributed by atoms with van der Waals surface area (Å²) in [4.78, 5) is 39.8. The summed E-state index contributed by atoms with van der Waals surface area (Å²) in [6.07, 6.45) is 0.845. The molecule has 3 aromatic rings. The molecular weight excluding hydrogens is 461 g/mol. The summed E-state index contributed by atoms with van der Waals surface area (Å²) in [5, 5.41) is 15.0. The van der Waals surface area contributed by atoms with E-state index in [1.807, 2.05) is 18.2 Å². The van der Waals surface area contributed by atoms with Crippen LogP contribution in [0.4, 0.5) is 21.5 Å². The van der Waals surface area contributed by atoms with Crippen LogP contribution >= 0.6 is 0 Å². The Morgan fingerprint density at radius 3 is 2.53 bits per heavy atom. The molecule has 0 saturated heterocycles.